The lowest BCUT2D eigenvalue weighted by Gasteiger charge is -2.32. The molecule has 1 aliphatic carbocycles. The summed E-state index contributed by atoms with van der Waals surface area (Å²) < 4.78 is 6.72. The van der Waals surface area contributed by atoms with Gasteiger partial charge in [-0.15, -0.1) is 0 Å². The van der Waals surface area contributed by atoms with Crippen molar-refractivity contribution in [3.63, 3.8) is 0 Å². The van der Waals surface area contributed by atoms with Gasteiger partial charge in [0.25, 0.3) is 0 Å². The van der Waals surface area contributed by atoms with Gasteiger partial charge in [0.15, 0.2) is 0 Å². The maximum atomic E-state index is 12.2. The topological polar surface area (TPSA) is 29.5 Å². The largest absolute Gasteiger partial charge is 0.458 e. The van der Waals surface area contributed by atoms with Crippen molar-refractivity contribution in [2.45, 2.75) is 31.8 Å². The number of halogens is 1. The van der Waals surface area contributed by atoms with Crippen molar-refractivity contribution in [1.29, 1.82) is 0 Å². The Morgan fingerprint density at radius 2 is 1.90 bits per heavy atom. The summed E-state index contributed by atoms with van der Waals surface area (Å²) in [6.07, 6.45) is 4.59. The van der Waals surface area contributed by atoms with Crippen LogP contribution in [0, 0.1) is 5.92 Å². The fraction of sp³-hybridized carbons (Fsp3) is 0.562. The number of hydrogen-bond acceptors (Lipinski definition) is 3. The van der Waals surface area contributed by atoms with Crippen molar-refractivity contribution in [3.05, 3.63) is 34.3 Å². The predicted octanol–water partition coefficient (Wildman–Crippen LogP) is 3.73. The van der Waals surface area contributed by atoms with E-state index in [2.05, 4.69) is 34.9 Å². The van der Waals surface area contributed by atoms with E-state index in [4.69, 9.17) is 4.74 Å². The molecule has 1 aromatic carbocycles. The molecule has 0 N–H and O–H groups in total. The maximum absolute atomic E-state index is 12.2. The number of nitrogens with zero attached hydrogens (tertiary/aromatic N) is 1. The summed E-state index contributed by atoms with van der Waals surface area (Å²) >= 11 is 3.37. The molecule has 1 saturated carbocycles. The normalized spacial score (nSPS) is 22.8. The monoisotopic (exact) mass is 339 g/mol. The van der Waals surface area contributed by atoms with E-state index in [-0.39, 0.29) is 12.1 Å². The molecule has 20 heavy (non-hydrogen) atoms. The van der Waals surface area contributed by atoms with E-state index in [9.17, 15) is 4.79 Å². The molecule has 1 fully saturated rings. The molecule has 0 aromatic heterocycles. The van der Waals surface area contributed by atoms with Crippen LogP contribution < -0.4 is 0 Å². The van der Waals surface area contributed by atoms with Crippen molar-refractivity contribution in [1.82, 2.24) is 4.90 Å². The summed E-state index contributed by atoms with van der Waals surface area (Å²) in [5.41, 5.74) is 0.627. The smallest absolute Gasteiger partial charge is 0.338 e. The summed E-state index contributed by atoms with van der Waals surface area (Å²) in [5, 5.41) is 0. The van der Waals surface area contributed by atoms with E-state index in [1.165, 1.54) is 6.42 Å². The summed E-state index contributed by atoms with van der Waals surface area (Å²) in [6, 6.07) is 7.34. The number of benzene rings is 1. The van der Waals surface area contributed by atoms with Gasteiger partial charge < -0.3 is 9.64 Å². The van der Waals surface area contributed by atoms with Gasteiger partial charge in [0.2, 0.25) is 0 Å². The standard InChI is InChI=1S/C16H22BrNO2/c1-18(2)11-13-5-3-4-6-15(13)20-16(19)12-7-9-14(17)10-8-12/h7-10,13,15H,3-6,11H2,1-2H3/t13-,15-/m1/s1. The average molecular weight is 340 g/mol. The molecule has 0 amide bonds. The minimum Gasteiger partial charge on any atom is -0.458 e. The van der Waals surface area contributed by atoms with Crippen molar-refractivity contribution >= 4 is 21.9 Å². The molecule has 110 valence electrons. The Balaban J connectivity index is 1.99. The van der Waals surface area contributed by atoms with E-state index in [0.717, 1.165) is 30.3 Å². The van der Waals surface area contributed by atoms with Crippen LogP contribution >= 0.6 is 15.9 Å². The van der Waals surface area contributed by atoms with Crippen LogP contribution in [0.15, 0.2) is 28.7 Å². The van der Waals surface area contributed by atoms with Crippen LogP contribution in [0.3, 0.4) is 0 Å². The molecule has 0 heterocycles. The zero-order chi connectivity index (χ0) is 14.5. The van der Waals surface area contributed by atoms with Crippen LogP contribution in [-0.2, 0) is 4.74 Å². The van der Waals surface area contributed by atoms with E-state index in [1.54, 1.807) is 12.1 Å². The summed E-state index contributed by atoms with van der Waals surface area (Å²) in [5.74, 6) is 0.256. The third-order valence-corrected chi connectivity index (χ3v) is 4.31. The van der Waals surface area contributed by atoms with Gasteiger partial charge in [0, 0.05) is 16.9 Å². The van der Waals surface area contributed by atoms with Crippen molar-refractivity contribution < 1.29 is 9.53 Å². The predicted molar refractivity (Wildman–Crippen MR) is 83.9 cm³/mol. The molecule has 4 heteroatoms. The van der Waals surface area contributed by atoms with E-state index >= 15 is 0 Å². The Morgan fingerprint density at radius 1 is 1.25 bits per heavy atom. The van der Waals surface area contributed by atoms with Crippen LogP contribution in [0.1, 0.15) is 36.0 Å². The van der Waals surface area contributed by atoms with Crippen LogP contribution in [0.25, 0.3) is 0 Å². The maximum Gasteiger partial charge on any atom is 0.338 e. The van der Waals surface area contributed by atoms with Crippen LogP contribution in [0.4, 0.5) is 0 Å². The number of esters is 1. The summed E-state index contributed by atoms with van der Waals surface area (Å²) in [4.78, 5) is 14.4. The zero-order valence-electron chi connectivity index (χ0n) is 12.1. The molecule has 0 spiro atoms. The minimum absolute atomic E-state index is 0.0577. The second-order valence-electron chi connectivity index (χ2n) is 5.76. The Bertz CT molecular complexity index is 444. The van der Waals surface area contributed by atoms with Gasteiger partial charge in [-0.2, -0.15) is 0 Å². The van der Waals surface area contributed by atoms with Crippen LogP contribution in [-0.4, -0.2) is 37.6 Å². The van der Waals surface area contributed by atoms with Crippen LogP contribution in [0.2, 0.25) is 0 Å². The minimum atomic E-state index is -0.201. The Morgan fingerprint density at radius 3 is 2.55 bits per heavy atom. The highest BCUT2D eigenvalue weighted by Crippen LogP contribution is 2.28. The average Bonchev–Trinajstić information content (AvgIpc) is 2.41. The first kappa shape index (κ1) is 15.5. The molecule has 0 bridgehead atoms. The molecular weight excluding hydrogens is 318 g/mol. The molecular formula is C16H22BrNO2. The van der Waals surface area contributed by atoms with Crippen molar-refractivity contribution in [2.75, 3.05) is 20.6 Å². The lowest BCUT2D eigenvalue weighted by molar-refractivity contribution is -0.00324. The highest BCUT2D eigenvalue weighted by atomic mass is 79.9. The number of carbonyl (C=O) groups excluding carboxylic acids is 1. The molecule has 0 unspecified atom stereocenters. The van der Waals surface area contributed by atoms with Gasteiger partial charge in [-0.25, -0.2) is 4.79 Å². The first-order valence-corrected chi connectivity index (χ1v) is 7.97. The van der Waals surface area contributed by atoms with Gasteiger partial charge in [-0.1, -0.05) is 22.4 Å². The van der Waals surface area contributed by atoms with Gasteiger partial charge in [-0.3, -0.25) is 0 Å². The second-order valence-corrected chi connectivity index (χ2v) is 6.67. The molecule has 0 aliphatic heterocycles. The number of ether oxygens (including phenoxy) is 1. The van der Waals surface area contributed by atoms with E-state index < -0.39 is 0 Å². The number of rotatable bonds is 4. The lowest BCUT2D eigenvalue weighted by Crippen LogP contribution is -2.36. The fourth-order valence-corrected chi connectivity index (χ4v) is 3.06. The third-order valence-electron chi connectivity index (χ3n) is 3.78. The highest BCUT2D eigenvalue weighted by molar-refractivity contribution is 9.10. The van der Waals surface area contributed by atoms with Gasteiger partial charge in [0.05, 0.1) is 5.56 Å². The van der Waals surface area contributed by atoms with E-state index in [1.807, 2.05) is 12.1 Å². The fourth-order valence-electron chi connectivity index (χ4n) is 2.80. The molecule has 2 rings (SSSR count). The molecule has 0 saturated heterocycles. The Hall–Kier alpha value is -0.870. The molecule has 1 aromatic rings. The molecule has 2 atom stereocenters. The van der Waals surface area contributed by atoms with Gasteiger partial charge in [-0.05, 0) is 57.6 Å². The van der Waals surface area contributed by atoms with E-state index in [0.29, 0.717) is 11.5 Å². The lowest BCUT2D eigenvalue weighted by atomic mass is 9.86. The van der Waals surface area contributed by atoms with Crippen molar-refractivity contribution in [2.24, 2.45) is 5.92 Å². The highest BCUT2D eigenvalue weighted by Gasteiger charge is 2.28. The summed E-state index contributed by atoms with van der Waals surface area (Å²) in [7, 11) is 4.14. The first-order chi connectivity index (χ1) is 9.56. The zero-order valence-corrected chi connectivity index (χ0v) is 13.7. The second kappa shape index (κ2) is 7.23. The SMILES string of the molecule is CN(C)C[C@H]1CCCC[C@H]1OC(=O)c1ccc(Br)cc1. The third kappa shape index (κ3) is 4.32. The van der Waals surface area contributed by atoms with Crippen molar-refractivity contribution in [3.8, 4) is 0 Å². The molecule has 0 radical (unpaired) electrons. The Labute approximate surface area is 129 Å². The molecule has 3 nitrogen and oxygen atoms in total. The van der Waals surface area contributed by atoms with Gasteiger partial charge in [0.1, 0.15) is 6.10 Å². The quantitative estimate of drug-likeness (QED) is 0.783. The first-order valence-electron chi connectivity index (χ1n) is 7.17. The van der Waals surface area contributed by atoms with Crippen LogP contribution in [0.5, 0.6) is 0 Å². The number of hydrogen-bond donors (Lipinski definition) is 0. The molecule has 1 aliphatic rings. The van der Waals surface area contributed by atoms with Gasteiger partial charge >= 0.3 is 5.97 Å². The number of carbonyl (C=O) groups is 1. The summed E-state index contributed by atoms with van der Waals surface area (Å²) in [6.45, 7) is 0.984. The Kier molecular flexibility index (Phi) is 5.61.